The smallest absolute Gasteiger partial charge is 0.251 e. The molecule has 1 aromatic carbocycles. The van der Waals surface area contributed by atoms with E-state index in [1.165, 1.54) is 17.5 Å². The number of aryl methyl sites for hydroxylation is 2. The summed E-state index contributed by atoms with van der Waals surface area (Å²) < 4.78 is 5.65. The van der Waals surface area contributed by atoms with Gasteiger partial charge >= 0.3 is 0 Å². The third kappa shape index (κ3) is 3.02. The van der Waals surface area contributed by atoms with Crippen LogP contribution < -0.4 is 5.32 Å². The molecule has 0 saturated carbocycles. The lowest BCUT2D eigenvalue weighted by atomic mass is 10.1. The van der Waals surface area contributed by atoms with Crippen molar-refractivity contribution in [2.24, 2.45) is 0 Å². The standard InChI is InChI=1S/C16H22N2O2/c1-18-7-8-20-15(11-18)10-17-16(19)14-6-5-12-3-2-4-13(12)9-14/h5-6,9,15H,2-4,7-8,10-11H2,1H3,(H,17,19)/t15-/m0/s1. The maximum atomic E-state index is 12.2. The largest absolute Gasteiger partial charge is 0.374 e. The zero-order valence-electron chi connectivity index (χ0n) is 12.0. The lowest BCUT2D eigenvalue weighted by Gasteiger charge is -2.30. The number of ether oxygens (including phenoxy) is 1. The van der Waals surface area contributed by atoms with Crippen molar-refractivity contribution < 1.29 is 9.53 Å². The monoisotopic (exact) mass is 274 g/mol. The van der Waals surface area contributed by atoms with Gasteiger partial charge in [0.15, 0.2) is 0 Å². The minimum absolute atomic E-state index is 0.0107. The summed E-state index contributed by atoms with van der Waals surface area (Å²) in [6, 6.07) is 6.08. The molecule has 1 amide bonds. The number of hydrogen-bond donors (Lipinski definition) is 1. The number of morpholine rings is 1. The molecule has 1 N–H and O–H groups in total. The molecule has 20 heavy (non-hydrogen) atoms. The topological polar surface area (TPSA) is 41.6 Å². The van der Waals surface area contributed by atoms with Crippen LogP contribution in [-0.2, 0) is 17.6 Å². The third-order valence-corrected chi connectivity index (χ3v) is 4.19. The SMILES string of the molecule is CN1CCO[C@@H](CNC(=O)c2ccc3c(c2)CCC3)C1. The van der Waals surface area contributed by atoms with Crippen LogP contribution in [0.25, 0.3) is 0 Å². The van der Waals surface area contributed by atoms with Gasteiger partial charge in [0.1, 0.15) is 0 Å². The predicted octanol–water partition coefficient (Wildman–Crippen LogP) is 1.24. The number of hydrogen-bond acceptors (Lipinski definition) is 3. The van der Waals surface area contributed by atoms with Gasteiger partial charge in [-0.15, -0.1) is 0 Å². The first-order chi connectivity index (χ1) is 9.72. The van der Waals surface area contributed by atoms with Crippen molar-refractivity contribution in [3.8, 4) is 0 Å². The van der Waals surface area contributed by atoms with E-state index in [0.29, 0.717) is 6.54 Å². The molecule has 1 fully saturated rings. The molecule has 0 unspecified atom stereocenters. The molecule has 0 aromatic heterocycles. The molecular weight excluding hydrogens is 252 g/mol. The number of nitrogens with one attached hydrogen (secondary N) is 1. The van der Waals surface area contributed by atoms with Gasteiger partial charge in [-0.3, -0.25) is 4.79 Å². The molecule has 0 spiro atoms. The molecule has 0 bridgehead atoms. The Morgan fingerprint density at radius 3 is 3.10 bits per heavy atom. The highest BCUT2D eigenvalue weighted by Gasteiger charge is 2.19. The summed E-state index contributed by atoms with van der Waals surface area (Å²) in [5.41, 5.74) is 3.51. The Bertz CT molecular complexity index is 501. The number of benzene rings is 1. The van der Waals surface area contributed by atoms with Crippen LogP contribution in [0.2, 0.25) is 0 Å². The fraction of sp³-hybridized carbons (Fsp3) is 0.562. The molecular formula is C16H22N2O2. The van der Waals surface area contributed by atoms with Gasteiger partial charge in [-0.05, 0) is 49.6 Å². The lowest BCUT2D eigenvalue weighted by molar-refractivity contribution is -0.0175. The summed E-state index contributed by atoms with van der Waals surface area (Å²) in [6.07, 6.45) is 3.57. The maximum Gasteiger partial charge on any atom is 0.251 e. The van der Waals surface area contributed by atoms with Gasteiger partial charge in [0.25, 0.3) is 5.91 Å². The number of amides is 1. The summed E-state index contributed by atoms with van der Waals surface area (Å²) in [4.78, 5) is 14.4. The average Bonchev–Trinajstić information content (AvgIpc) is 2.92. The van der Waals surface area contributed by atoms with E-state index in [0.717, 1.165) is 38.1 Å². The van der Waals surface area contributed by atoms with Gasteiger partial charge in [0, 0.05) is 25.2 Å². The third-order valence-electron chi connectivity index (χ3n) is 4.19. The highest BCUT2D eigenvalue weighted by Crippen LogP contribution is 2.22. The first-order valence-electron chi connectivity index (χ1n) is 7.42. The van der Waals surface area contributed by atoms with Crippen molar-refractivity contribution in [2.75, 3.05) is 33.3 Å². The van der Waals surface area contributed by atoms with Crippen LogP contribution in [0.5, 0.6) is 0 Å². The quantitative estimate of drug-likeness (QED) is 0.901. The molecule has 0 radical (unpaired) electrons. The van der Waals surface area contributed by atoms with Crippen molar-refractivity contribution in [1.29, 1.82) is 0 Å². The molecule has 1 aliphatic heterocycles. The highest BCUT2D eigenvalue weighted by molar-refractivity contribution is 5.94. The van der Waals surface area contributed by atoms with Crippen LogP contribution in [0.1, 0.15) is 27.9 Å². The van der Waals surface area contributed by atoms with Gasteiger partial charge in [-0.2, -0.15) is 0 Å². The summed E-state index contributed by atoms with van der Waals surface area (Å²) in [7, 11) is 2.08. The van der Waals surface area contributed by atoms with Crippen LogP contribution >= 0.6 is 0 Å². The van der Waals surface area contributed by atoms with Crippen molar-refractivity contribution in [3.05, 3.63) is 34.9 Å². The molecule has 1 aliphatic carbocycles. The van der Waals surface area contributed by atoms with Crippen molar-refractivity contribution >= 4 is 5.91 Å². The van der Waals surface area contributed by atoms with Crippen molar-refractivity contribution in [1.82, 2.24) is 10.2 Å². The molecule has 2 aliphatic rings. The van der Waals surface area contributed by atoms with Gasteiger partial charge in [-0.25, -0.2) is 0 Å². The Kier molecular flexibility index (Phi) is 4.03. The number of carbonyl (C=O) groups excluding carboxylic acids is 1. The van der Waals surface area contributed by atoms with Crippen molar-refractivity contribution in [2.45, 2.75) is 25.4 Å². The molecule has 4 heteroatoms. The molecule has 1 heterocycles. The van der Waals surface area contributed by atoms with Gasteiger partial charge in [-0.1, -0.05) is 6.07 Å². The number of fused-ring (bicyclic) bond motifs is 1. The van der Waals surface area contributed by atoms with Gasteiger partial charge in [0.2, 0.25) is 0 Å². The Morgan fingerprint density at radius 2 is 2.25 bits per heavy atom. The van der Waals surface area contributed by atoms with E-state index in [1.807, 2.05) is 12.1 Å². The molecule has 3 rings (SSSR count). The number of likely N-dealkylation sites (N-methyl/N-ethyl adjacent to an activating group) is 1. The normalized spacial score (nSPS) is 22.6. The van der Waals surface area contributed by atoms with E-state index < -0.39 is 0 Å². The first-order valence-corrected chi connectivity index (χ1v) is 7.42. The molecule has 108 valence electrons. The van der Waals surface area contributed by atoms with E-state index >= 15 is 0 Å². The Hall–Kier alpha value is -1.39. The molecule has 1 saturated heterocycles. The minimum Gasteiger partial charge on any atom is -0.374 e. The highest BCUT2D eigenvalue weighted by atomic mass is 16.5. The fourth-order valence-corrected chi connectivity index (χ4v) is 3.01. The van der Waals surface area contributed by atoms with Crippen LogP contribution in [0.3, 0.4) is 0 Å². The van der Waals surface area contributed by atoms with Crippen LogP contribution in [0.4, 0.5) is 0 Å². The van der Waals surface area contributed by atoms with E-state index in [-0.39, 0.29) is 12.0 Å². The second kappa shape index (κ2) is 5.94. The second-order valence-electron chi connectivity index (χ2n) is 5.80. The predicted molar refractivity (Wildman–Crippen MR) is 78.0 cm³/mol. The summed E-state index contributed by atoms with van der Waals surface area (Å²) in [5, 5.41) is 2.99. The lowest BCUT2D eigenvalue weighted by Crippen LogP contribution is -2.45. The van der Waals surface area contributed by atoms with E-state index in [9.17, 15) is 4.79 Å². The first kappa shape index (κ1) is 13.6. The number of nitrogens with zero attached hydrogens (tertiary/aromatic N) is 1. The molecule has 1 atom stereocenters. The Labute approximate surface area is 120 Å². The second-order valence-corrected chi connectivity index (χ2v) is 5.80. The zero-order valence-corrected chi connectivity index (χ0v) is 12.0. The van der Waals surface area contributed by atoms with E-state index in [4.69, 9.17) is 4.74 Å². The fourth-order valence-electron chi connectivity index (χ4n) is 3.01. The zero-order chi connectivity index (χ0) is 13.9. The summed E-state index contributed by atoms with van der Waals surface area (Å²) in [5.74, 6) is 0.0107. The molecule has 1 aromatic rings. The van der Waals surface area contributed by atoms with Crippen LogP contribution in [0, 0.1) is 0 Å². The maximum absolute atomic E-state index is 12.2. The van der Waals surface area contributed by atoms with Gasteiger partial charge < -0.3 is 15.0 Å². The summed E-state index contributed by atoms with van der Waals surface area (Å²) >= 11 is 0. The number of carbonyl (C=O) groups is 1. The average molecular weight is 274 g/mol. The summed E-state index contributed by atoms with van der Waals surface area (Å²) in [6.45, 7) is 3.18. The van der Waals surface area contributed by atoms with Crippen LogP contribution in [0.15, 0.2) is 18.2 Å². The Morgan fingerprint density at radius 1 is 1.40 bits per heavy atom. The molecule has 4 nitrogen and oxygen atoms in total. The van der Waals surface area contributed by atoms with Crippen molar-refractivity contribution in [3.63, 3.8) is 0 Å². The Balaban J connectivity index is 1.56. The number of rotatable bonds is 3. The van der Waals surface area contributed by atoms with E-state index in [2.05, 4.69) is 23.3 Å². The van der Waals surface area contributed by atoms with Crippen LogP contribution in [-0.4, -0.2) is 50.2 Å². The van der Waals surface area contributed by atoms with E-state index in [1.54, 1.807) is 0 Å². The van der Waals surface area contributed by atoms with Gasteiger partial charge in [0.05, 0.1) is 12.7 Å². The minimum atomic E-state index is 0.0107.